The first-order valence-electron chi connectivity index (χ1n) is 9.08. The largest absolute Gasteiger partial charge is 0.368 e. The maximum Gasteiger partial charge on any atom is 0.242 e. The molecule has 0 bridgehead atoms. The van der Waals surface area contributed by atoms with Crippen LogP contribution in [-0.4, -0.2) is 41.6 Å². The van der Waals surface area contributed by atoms with E-state index in [2.05, 4.69) is 4.90 Å². The summed E-state index contributed by atoms with van der Waals surface area (Å²) in [5.74, 6) is -0.269. The molecule has 0 N–H and O–H groups in total. The molecule has 0 aliphatic carbocycles. The molecule has 0 unspecified atom stereocenters. The van der Waals surface area contributed by atoms with E-state index in [-0.39, 0.29) is 23.7 Å². The van der Waals surface area contributed by atoms with Crippen molar-refractivity contribution in [3.8, 4) is 0 Å². The number of hydrogen-bond donors (Lipinski definition) is 0. The van der Waals surface area contributed by atoms with Crippen LogP contribution in [0.2, 0.25) is 5.02 Å². The maximum absolute atomic E-state index is 13.1. The van der Waals surface area contributed by atoms with Crippen molar-refractivity contribution in [3.63, 3.8) is 0 Å². The Morgan fingerprint density at radius 2 is 1.71 bits per heavy atom. The lowest BCUT2D eigenvalue weighted by atomic mass is 10.2. The van der Waals surface area contributed by atoms with E-state index in [1.807, 2.05) is 4.90 Å². The number of hydrogen-bond acceptors (Lipinski definition) is 3. The summed E-state index contributed by atoms with van der Waals surface area (Å²) in [4.78, 5) is 28.8. The first kappa shape index (κ1) is 18.5. The summed E-state index contributed by atoms with van der Waals surface area (Å²) in [7, 11) is 0. The number of piperazine rings is 1. The third kappa shape index (κ3) is 3.73. The molecule has 5 nitrogen and oxygen atoms in total. The van der Waals surface area contributed by atoms with E-state index >= 15 is 0 Å². The topological polar surface area (TPSA) is 45.6 Å². The van der Waals surface area contributed by atoms with Gasteiger partial charge in [0, 0.05) is 54.5 Å². The molecular weight excluding hydrogens is 381 g/mol. The van der Waals surface area contributed by atoms with Crippen molar-refractivity contribution in [1.29, 1.82) is 0 Å². The fraction of sp³-hybridized carbons (Fsp3) is 0.238. The molecule has 1 fully saturated rings. The zero-order chi connectivity index (χ0) is 19.7. The minimum absolute atomic E-state index is 0.0105. The third-order valence-corrected chi connectivity index (χ3v) is 5.31. The zero-order valence-electron chi connectivity index (χ0n) is 15.1. The van der Waals surface area contributed by atoms with Crippen molar-refractivity contribution < 1.29 is 9.18 Å². The summed E-state index contributed by atoms with van der Waals surface area (Å²) in [6, 6.07) is 12.9. The molecule has 1 aliphatic heterocycles. The van der Waals surface area contributed by atoms with E-state index in [0.717, 1.165) is 5.69 Å². The zero-order valence-corrected chi connectivity index (χ0v) is 15.9. The number of nitrogens with zero attached hydrogens (tertiary/aromatic N) is 3. The number of carbonyl (C=O) groups is 1. The van der Waals surface area contributed by atoms with Gasteiger partial charge in [-0.2, -0.15) is 0 Å². The van der Waals surface area contributed by atoms with E-state index in [4.69, 9.17) is 11.6 Å². The van der Waals surface area contributed by atoms with Crippen LogP contribution in [0.25, 0.3) is 10.9 Å². The summed E-state index contributed by atoms with van der Waals surface area (Å²) < 4.78 is 14.8. The molecule has 0 atom stereocenters. The van der Waals surface area contributed by atoms with E-state index in [0.29, 0.717) is 42.1 Å². The van der Waals surface area contributed by atoms with Crippen LogP contribution in [-0.2, 0) is 11.3 Å². The third-order valence-electron chi connectivity index (χ3n) is 5.07. The number of benzene rings is 2. The standard InChI is InChI=1S/C21H19ClFN3O2/c22-15-1-6-18-19(13-15)26(8-7-20(18)27)14-21(28)25-11-9-24(10-12-25)17-4-2-16(23)3-5-17/h1-8,13H,9-12,14H2. The first-order chi connectivity index (χ1) is 13.5. The van der Waals surface area contributed by atoms with Gasteiger partial charge >= 0.3 is 0 Å². The Labute approximate surface area is 166 Å². The van der Waals surface area contributed by atoms with Gasteiger partial charge in [0.25, 0.3) is 0 Å². The second-order valence-corrected chi connectivity index (χ2v) is 7.25. The lowest BCUT2D eigenvalue weighted by Gasteiger charge is -2.36. The van der Waals surface area contributed by atoms with Crippen LogP contribution < -0.4 is 10.3 Å². The fourth-order valence-electron chi connectivity index (χ4n) is 3.53. The van der Waals surface area contributed by atoms with Crippen molar-refractivity contribution in [2.24, 2.45) is 0 Å². The molecule has 0 spiro atoms. The molecule has 1 saturated heterocycles. The number of fused-ring (bicyclic) bond motifs is 1. The van der Waals surface area contributed by atoms with Gasteiger partial charge in [-0.25, -0.2) is 4.39 Å². The van der Waals surface area contributed by atoms with E-state index in [1.54, 1.807) is 41.1 Å². The molecule has 28 heavy (non-hydrogen) atoms. The normalized spacial score (nSPS) is 14.5. The summed E-state index contributed by atoms with van der Waals surface area (Å²) in [5.41, 5.74) is 1.51. The highest BCUT2D eigenvalue weighted by Gasteiger charge is 2.21. The lowest BCUT2D eigenvalue weighted by Crippen LogP contribution is -2.49. The summed E-state index contributed by atoms with van der Waals surface area (Å²) in [6.07, 6.45) is 1.63. The van der Waals surface area contributed by atoms with Gasteiger partial charge in [0.2, 0.25) is 5.91 Å². The Hall–Kier alpha value is -2.86. The lowest BCUT2D eigenvalue weighted by molar-refractivity contribution is -0.132. The van der Waals surface area contributed by atoms with Crippen LogP contribution in [0.1, 0.15) is 0 Å². The quantitative estimate of drug-likeness (QED) is 0.679. The maximum atomic E-state index is 13.1. The molecule has 2 aromatic carbocycles. The number of anilines is 1. The SMILES string of the molecule is O=C(Cn1ccc(=O)c2ccc(Cl)cc21)N1CCN(c2ccc(F)cc2)CC1. The van der Waals surface area contributed by atoms with Crippen LogP contribution >= 0.6 is 11.6 Å². The number of rotatable bonds is 3. The highest BCUT2D eigenvalue weighted by atomic mass is 35.5. The molecule has 144 valence electrons. The number of pyridine rings is 1. The summed E-state index contributed by atoms with van der Waals surface area (Å²) in [6.45, 7) is 2.71. The van der Waals surface area contributed by atoms with Crippen molar-refractivity contribution in [1.82, 2.24) is 9.47 Å². The molecule has 1 aliphatic rings. The van der Waals surface area contributed by atoms with Crippen LogP contribution in [0.4, 0.5) is 10.1 Å². The van der Waals surface area contributed by atoms with Gasteiger partial charge in [-0.15, -0.1) is 0 Å². The Kier molecular flexibility index (Phi) is 5.05. The van der Waals surface area contributed by atoms with Gasteiger partial charge in [-0.3, -0.25) is 9.59 Å². The summed E-state index contributed by atoms with van der Waals surface area (Å²) >= 11 is 6.07. The second-order valence-electron chi connectivity index (χ2n) is 6.81. The van der Waals surface area contributed by atoms with Gasteiger partial charge in [0.1, 0.15) is 12.4 Å². The minimum Gasteiger partial charge on any atom is -0.368 e. The van der Waals surface area contributed by atoms with Gasteiger partial charge in [0.15, 0.2) is 5.43 Å². The second kappa shape index (κ2) is 7.64. The molecule has 0 saturated carbocycles. The number of aromatic nitrogens is 1. The number of halogens is 2. The van der Waals surface area contributed by atoms with Crippen molar-refractivity contribution in [2.75, 3.05) is 31.1 Å². The Morgan fingerprint density at radius 1 is 1.00 bits per heavy atom. The first-order valence-corrected chi connectivity index (χ1v) is 9.46. The molecular formula is C21H19ClFN3O2. The van der Waals surface area contributed by atoms with E-state index in [1.165, 1.54) is 18.2 Å². The van der Waals surface area contributed by atoms with Crippen LogP contribution in [0, 0.1) is 5.82 Å². The summed E-state index contributed by atoms with van der Waals surface area (Å²) in [5, 5.41) is 1.06. The van der Waals surface area contributed by atoms with Crippen LogP contribution in [0.15, 0.2) is 59.5 Å². The van der Waals surface area contributed by atoms with E-state index in [9.17, 15) is 14.0 Å². The number of carbonyl (C=O) groups excluding carboxylic acids is 1. The monoisotopic (exact) mass is 399 g/mol. The van der Waals surface area contributed by atoms with Crippen molar-refractivity contribution in [2.45, 2.75) is 6.54 Å². The highest BCUT2D eigenvalue weighted by molar-refractivity contribution is 6.31. The minimum atomic E-state index is -0.258. The van der Waals surface area contributed by atoms with Crippen LogP contribution in [0.3, 0.4) is 0 Å². The van der Waals surface area contributed by atoms with Gasteiger partial charge in [0.05, 0.1) is 5.52 Å². The van der Waals surface area contributed by atoms with Crippen molar-refractivity contribution in [3.05, 3.63) is 75.8 Å². The van der Waals surface area contributed by atoms with Crippen molar-refractivity contribution >= 4 is 34.1 Å². The van der Waals surface area contributed by atoms with Gasteiger partial charge < -0.3 is 14.4 Å². The molecule has 7 heteroatoms. The Morgan fingerprint density at radius 3 is 2.43 bits per heavy atom. The molecule has 4 rings (SSSR count). The average Bonchev–Trinajstić information content (AvgIpc) is 2.71. The molecule has 0 radical (unpaired) electrons. The Balaban J connectivity index is 1.46. The predicted molar refractivity (Wildman–Crippen MR) is 108 cm³/mol. The molecule has 2 heterocycles. The smallest absolute Gasteiger partial charge is 0.242 e. The molecule has 1 aromatic heterocycles. The highest BCUT2D eigenvalue weighted by Crippen LogP contribution is 2.19. The van der Waals surface area contributed by atoms with Crippen LogP contribution in [0.5, 0.6) is 0 Å². The fourth-order valence-corrected chi connectivity index (χ4v) is 3.69. The van der Waals surface area contributed by atoms with E-state index < -0.39 is 0 Å². The average molecular weight is 400 g/mol. The molecule has 1 amide bonds. The molecule has 3 aromatic rings. The van der Waals surface area contributed by atoms with Gasteiger partial charge in [-0.05, 0) is 42.5 Å². The predicted octanol–water partition coefficient (Wildman–Crippen LogP) is 3.14. The Bertz CT molecular complexity index is 1070. The number of amides is 1. The van der Waals surface area contributed by atoms with Gasteiger partial charge in [-0.1, -0.05) is 11.6 Å².